The smallest absolute Gasteiger partial charge is 0.0709 e. The van der Waals surface area contributed by atoms with E-state index in [2.05, 4.69) is 31.0 Å². The Kier molecular flexibility index (Phi) is 8.47. The highest BCUT2D eigenvalue weighted by Crippen LogP contribution is 2.13. The molecular formula is C16H22Cl2N2. The van der Waals surface area contributed by atoms with Crippen LogP contribution in [0.5, 0.6) is 0 Å². The Morgan fingerprint density at radius 2 is 1.80 bits per heavy atom. The van der Waals surface area contributed by atoms with Crippen molar-refractivity contribution in [2.24, 2.45) is 11.7 Å². The van der Waals surface area contributed by atoms with E-state index in [4.69, 9.17) is 5.73 Å². The number of aromatic nitrogens is 1. The summed E-state index contributed by atoms with van der Waals surface area (Å²) >= 11 is 0. The lowest BCUT2D eigenvalue weighted by molar-refractivity contribution is 0.547. The summed E-state index contributed by atoms with van der Waals surface area (Å²) in [5, 5.41) is 1.17. The second kappa shape index (κ2) is 8.96. The summed E-state index contributed by atoms with van der Waals surface area (Å²) in [5.74, 6) is 0.620. The number of halogens is 2. The minimum Gasteiger partial charge on any atom is -0.324 e. The second-order valence-corrected chi connectivity index (χ2v) is 5.08. The molecule has 0 aliphatic carbocycles. The van der Waals surface area contributed by atoms with Gasteiger partial charge < -0.3 is 5.73 Å². The minimum absolute atomic E-state index is 0. The van der Waals surface area contributed by atoms with E-state index in [1.807, 2.05) is 36.4 Å². The first-order valence-corrected chi connectivity index (χ1v) is 6.45. The van der Waals surface area contributed by atoms with E-state index in [0.717, 1.165) is 17.6 Å². The first kappa shape index (κ1) is 18.9. The molecule has 0 aliphatic rings. The Morgan fingerprint density at radius 1 is 1.10 bits per heavy atom. The molecule has 0 saturated carbocycles. The molecular weight excluding hydrogens is 291 g/mol. The van der Waals surface area contributed by atoms with E-state index < -0.39 is 0 Å². The summed E-state index contributed by atoms with van der Waals surface area (Å²) in [6.45, 7) is 4.37. The van der Waals surface area contributed by atoms with Crippen LogP contribution in [0.2, 0.25) is 0 Å². The summed E-state index contributed by atoms with van der Waals surface area (Å²) < 4.78 is 0. The van der Waals surface area contributed by atoms with Crippen molar-refractivity contribution in [2.45, 2.75) is 26.3 Å². The van der Waals surface area contributed by atoms with Gasteiger partial charge in [0.1, 0.15) is 0 Å². The maximum Gasteiger partial charge on any atom is 0.0709 e. The van der Waals surface area contributed by atoms with Crippen LogP contribution >= 0.6 is 24.8 Å². The first-order chi connectivity index (χ1) is 8.65. The Morgan fingerprint density at radius 3 is 2.50 bits per heavy atom. The summed E-state index contributed by atoms with van der Waals surface area (Å²) in [5.41, 5.74) is 8.01. The van der Waals surface area contributed by atoms with E-state index in [0.29, 0.717) is 5.92 Å². The van der Waals surface area contributed by atoms with Gasteiger partial charge in [0.2, 0.25) is 0 Å². The molecule has 0 radical (unpaired) electrons. The first-order valence-electron chi connectivity index (χ1n) is 6.45. The van der Waals surface area contributed by atoms with Crippen LogP contribution < -0.4 is 5.73 Å². The molecule has 0 spiro atoms. The van der Waals surface area contributed by atoms with Gasteiger partial charge in [-0.05, 0) is 30.5 Å². The fraction of sp³-hybridized carbons (Fsp3) is 0.312. The average molecular weight is 313 g/mol. The Hall–Kier alpha value is -1.09. The van der Waals surface area contributed by atoms with Gasteiger partial charge in [-0.3, -0.25) is 0 Å². The van der Waals surface area contributed by atoms with Crippen molar-refractivity contribution < 1.29 is 0 Å². The van der Waals surface area contributed by atoms with Crippen LogP contribution in [0, 0.1) is 5.92 Å². The molecule has 2 rings (SSSR count). The molecule has 2 nitrogen and oxygen atoms in total. The van der Waals surface area contributed by atoms with Crippen molar-refractivity contribution in [3.8, 4) is 0 Å². The average Bonchev–Trinajstić information content (AvgIpc) is 2.35. The van der Waals surface area contributed by atoms with E-state index in [1.165, 1.54) is 5.39 Å². The van der Waals surface area contributed by atoms with Crippen LogP contribution in [-0.4, -0.2) is 11.0 Å². The molecule has 0 saturated heterocycles. The van der Waals surface area contributed by atoms with Gasteiger partial charge in [-0.2, -0.15) is 0 Å². The van der Waals surface area contributed by atoms with Gasteiger partial charge in [0.15, 0.2) is 0 Å². The van der Waals surface area contributed by atoms with Crippen LogP contribution in [-0.2, 0) is 0 Å². The van der Waals surface area contributed by atoms with Crippen LogP contribution in [0.25, 0.3) is 17.0 Å². The molecule has 1 unspecified atom stereocenters. The van der Waals surface area contributed by atoms with Gasteiger partial charge in [0.05, 0.1) is 11.2 Å². The molecule has 1 aromatic heterocycles. The van der Waals surface area contributed by atoms with E-state index in [9.17, 15) is 0 Å². The van der Waals surface area contributed by atoms with Crippen LogP contribution in [0.3, 0.4) is 0 Å². The molecule has 0 bridgehead atoms. The molecule has 110 valence electrons. The van der Waals surface area contributed by atoms with Gasteiger partial charge >= 0.3 is 0 Å². The van der Waals surface area contributed by atoms with E-state index in [1.54, 1.807) is 0 Å². The topological polar surface area (TPSA) is 38.9 Å². The number of hydrogen-bond donors (Lipinski definition) is 1. The van der Waals surface area contributed by atoms with Crippen molar-refractivity contribution in [1.29, 1.82) is 0 Å². The molecule has 0 aliphatic heterocycles. The molecule has 2 aromatic rings. The highest BCUT2D eigenvalue weighted by atomic mass is 35.5. The summed E-state index contributed by atoms with van der Waals surface area (Å²) in [7, 11) is 0. The summed E-state index contributed by atoms with van der Waals surface area (Å²) in [6, 6.07) is 12.4. The lowest BCUT2D eigenvalue weighted by Crippen LogP contribution is -2.18. The van der Waals surface area contributed by atoms with Crippen molar-refractivity contribution >= 4 is 41.8 Å². The predicted octanol–water partition coefficient (Wildman–Crippen LogP) is 4.47. The van der Waals surface area contributed by atoms with Gasteiger partial charge in [-0.25, -0.2) is 4.98 Å². The third-order valence-corrected chi connectivity index (χ3v) is 2.88. The van der Waals surface area contributed by atoms with E-state index in [-0.39, 0.29) is 30.9 Å². The van der Waals surface area contributed by atoms with Gasteiger partial charge in [0.25, 0.3) is 0 Å². The van der Waals surface area contributed by atoms with Crippen molar-refractivity contribution in [1.82, 2.24) is 4.98 Å². The number of nitrogens with zero attached hydrogens (tertiary/aromatic N) is 1. The lowest BCUT2D eigenvalue weighted by atomic mass is 10.0. The van der Waals surface area contributed by atoms with Gasteiger partial charge in [0, 0.05) is 11.4 Å². The normalized spacial score (nSPS) is 12.2. The monoisotopic (exact) mass is 312 g/mol. The van der Waals surface area contributed by atoms with Crippen molar-refractivity contribution in [3.05, 3.63) is 48.2 Å². The number of para-hydroxylation sites is 1. The fourth-order valence-corrected chi connectivity index (χ4v) is 2.02. The van der Waals surface area contributed by atoms with Crippen LogP contribution in [0.1, 0.15) is 26.0 Å². The highest BCUT2D eigenvalue weighted by Gasteiger charge is 2.01. The predicted molar refractivity (Wildman–Crippen MR) is 92.7 cm³/mol. The number of rotatable bonds is 4. The zero-order chi connectivity index (χ0) is 13.0. The molecule has 20 heavy (non-hydrogen) atoms. The molecule has 1 heterocycles. The molecule has 0 amide bonds. The number of hydrogen-bond acceptors (Lipinski definition) is 2. The van der Waals surface area contributed by atoms with E-state index >= 15 is 0 Å². The highest BCUT2D eigenvalue weighted by molar-refractivity contribution is 5.85. The minimum atomic E-state index is 0. The SMILES string of the molecule is CC(C)CC(N)C=Cc1ccc2ccccc2n1.Cl.Cl. The molecule has 4 heteroatoms. The number of nitrogens with two attached hydrogens (primary N) is 1. The third-order valence-electron chi connectivity index (χ3n) is 2.88. The summed E-state index contributed by atoms with van der Waals surface area (Å²) in [6.07, 6.45) is 5.06. The Bertz CT molecular complexity index is 553. The standard InChI is InChI=1S/C16H20N2.2ClH/c1-12(2)11-14(17)8-10-15-9-7-13-5-3-4-6-16(13)18-15;;/h3-10,12,14H,11,17H2,1-2H3;2*1H. The molecule has 0 fully saturated rings. The quantitative estimate of drug-likeness (QED) is 0.905. The van der Waals surface area contributed by atoms with Crippen molar-refractivity contribution in [3.63, 3.8) is 0 Å². The van der Waals surface area contributed by atoms with Crippen molar-refractivity contribution in [2.75, 3.05) is 0 Å². The molecule has 1 aromatic carbocycles. The Labute approximate surface area is 133 Å². The van der Waals surface area contributed by atoms with Crippen LogP contribution in [0.4, 0.5) is 0 Å². The zero-order valence-corrected chi connectivity index (χ0v) is 13.5. The lowest BCUT2D eigenvalue weighted by Gasteiger charge is -2.08. The molecule has 1 atom stereocenters. The third kappa shape index (κ3) is 5.49. The fourth-order valence-electron chi connectivity index (χ4n) is 2.02. The van der Waals surface area contributed by atoms with Gasteiger partial charge in [-0.15, -0.1) is 24.8 Å². The Balaban J connectivity index is 0.00000180. The number of pyridine rings is 1. The van der Waals surface area contributed by atoms with Crippen LogP contribution in [0.15, 0.2) is 42.5 Å². The molecule has 2 N–H and O–H groups in total. The van der Waals surface area contributed by atoms with Gasteiger partial charge in [-0.1, -0.05) is 44.2 Å². The zero-order valence-electron chi connectivity index (χ0n) is 11.8. The second-order valence-electron chi connectivity index (χ2n) is 5.08. The maximum absolute atomic E-state index is 6.02. The number of fused-ring (bicyclic) bond motifs is 1. The summed E-state index contributed by atoms with van der Waals surface area (Å²) in [4.78, 5) is 4.58. The number of benzene rings is 1. The largest absolute Gasteiger partial charge is 0.324 e. The maximum atomic E-state index is 6.02.